The van der Waals surface area contributed by atoms with Gasteiger partial charge in [0.05, 0.1) is 12.6 Å². The Labute approximate surface area is 194 Å². The van der Waals surface area contributed by atoms with Gasteiger partial charge in [-0.1, -0.05) is 55.5 Å². The van der Waals surface area contributed by atoms with Crippen molar-refractivity contribution in [2.45, 2.75) is 24.9 Å². The zero-order valence-electron chi connectivity index (χ0n) is 17.9. The van der Waals surface area contributed by atoms with E-state index in [2.05, 4.69) is 16.1 Å². The van der Waals surface area contributed by atoms with Gasteiger partial charge in [0.25, 0.3) is 11.8 Å². The fourth-order valence-electron chi connectivity index (χ4n) is 3.89. The van der Waals surface area contributed by atoms with E-state index in [1.165, 1.54) is 23.5 Å². The van der Waals surface area contributed by atoms with Gasteiger partial charge in [0.1, 0.15) is 11.4 Å². The Balaban J connectivity index is 1.46. The first-order valence-corrected chi connectivity index (χ1v) is 11.4. The SMILES string of the molecule is CC[C@@]1(c2ccccc2)NC(=O)N(NC(=O)CN[C@@H](c2ccc(F)cc2)c2cccs2)C1=O. The first-order chi connectivity index (χ1) is 15.9. The third-order valence-electron chi connectivity index (χ3n) is 5.62. The van der Waals surface area contributed by atoms with Crippen LogP contribution >= 0.6 is 11.3 Å². The van der Waals surface area contributed by atoms with Crippen LogP contribution in [0.1, 0.15) is 35.4 Å². The van der Waals surface area contributed by atoms with Crippen LogP contribution in [0.4, 0.5) is 9.18 Å². The molecule has 33 heavy (non-hydrogen) atoms. The number of benzene rings is 2. The molecule has 1 aliphatic rings. The summed E-state index contributed by atoms with van der Waals surface area (Å²) in [4.78, 5) is 39.4. The number of imide groups is 1. The fourth-order valence-corrected chi connectivity index (χ4v) is 4.72. The van der Waals surface area contributed by atoms with Crippen molar-refractivity contribution in [2.24, 2.45) is 0 Å². The number of carbonyl (C=O) groups is 3. The van der Waals surface area contributed by atoms with Crippen molar-refractivity contribution in [3.63, 3.8) is 0 Å². The van der Waals surface area contributed by atoms with Crippen LogP contribution in [-0.2, 0) is 15.1 Å². The van der Waals surface area contributed by atoms with Gasteiger partial charge in [-0.15, -0.1) is 11.3 Å². The Morgan fingerprint density at radius 2 is 1.82 bits per heavy atom. The molecule has 2 heterocycles. The second-order valence-electron chi connectivity index (χ2n) is 7.61. The Morgan fingerprint density at radius 3 is 2.45 bits per heavy atom. The molecule has 1 aromatic heterocycles. The highest BCUT2D eigenvalue weighted by molar-refractivity contribution is 7.10. The number of urea groups is 1. The van der Waals surface area contributed by atoms with Gasteiger partial charge >= 0.3 is 6.03 Å². The van der Waals surface area contributed by atoms with E-state index in [1.807, 2.05) is 23.6 Å². The van der Waals surface area contributed by atoms with Gasteiger partial charge in [-0.05, 0) is 41.1 Å². The number of amides is 4. The maximum Gasteiger partial charge on any atom is 0.344 e. The van der Waals surface area contributed by atoms with Gasteiger partial charge < -0.3 is 5.32 Å². The highest BCUT2D eigenvalue weighted by Gasteiger charge is 2.52. The maximum atomic E-state index is 13.4. The summed E-state index contributed by atoms with van der Waals surface area (Å²) in [6.45, 7) is 1.63. The summed E-state index contributed by atoms with van der Waals surface area (Å²) in [6, 6.07) is 17.7. The quantitative estimate of drug-likeness (QED) is 0.444. The maximum absolute atomic E-state index is 13.4. The molecule has 0 unspecified atom stereocenters. The third-order valence-corrected chi connectivity index (χ3v) is 6.56. The molecule has 170 valence electrons. The Kier molecular flexibility index (Phi) is 6.52. The zero-order chi connectivity index (χ0) is 23.4. The number of hydrogen-bond donors (Lipinski definition) is 3. The van der Waals surface area contributed by atoms with Crippen molar-refractivity contribution in [3.8, 4) is 0 Å². The van der Waals surface area contributed by atoms with Gasteiger partial charge in [-0.25, -0.2) is 9.18 Å². The van der Waals surface area contributed by atoms with Crippen molar-refractivity contribution in [1.82, 2.24) is 21.1 Å². The van der Waals surface area contributed by atoms with Crippen molar-refractivity contribution in [3.05, 3.63) is 93.9 Å². The van der Waals surface area contributed by atoms with Crippen LogP contribution in [0.25, 0.3) is 0 Å². The van der Waals surface area contributed by atoms with Crippen molar-refractivity contribution in [2.75, 3.05) is 6.54 Å². The summed E-state index contributed by atoms with van der Waals surface area (Å²) < 4.78 is 13.4. The lowest BCUT2D eigenvalue weighted by molar-refractivity contribution is -0.139. The summed E-state index contributed by atoms with van der Waals surface area (Å²) >= 11 is 1.50. The molecule has 7 nitrogen and oxygen atoms in total. The standard InChI is InChI=1S/C24H23FN4O3S/c1-2-24(17-7-4-3-5-8-17)22(31)29(23(32)27-24)28-20(30)15-26-21(19-9-6-14-33-19)16-10-12-18(25)13-11-16/h3-14,21,26H,2,15H2,1H3,(H,27,32)(H,28,30)/t21-,24-/m0/s1. The van der Waals surface area contributed by atoms with Gasteiger partial charge in [0.15, 0.2) is 0 Å². The van der Waals surface area contributed by atoms with Crippen LogP contribution in [-0.4, -0.2) is 29.4 Å². The number of nitrogens with zero attached hydrogens (tertiary/aromatic N) is 1. The molecule has 0 aliphatic carbocycles. The van der Waals surface area contributed by atoms with E-state index < -0.39 is 23.4 Å². The number of nitrogens with one attached hydrogen (secondary N) is 3. The summed E-state index contributed by atoms with van der Waals surface area (Å²) in [5.74, 6) is -1.44. The lowest BCUT2D eigenvalue weighted by Crippen LogP contribution is -2.50. The molecule has 1 saturated heterocycles. The number of rotatable bonds is 8. The topological polar surface area (TPSA) is 90.5 Å². The van der Waals surface area contributed by atoms with Crippen LogP contribution in [0.2, 0.25) is 0 Å². The number of halogens is 1. The average Bonchev–Trinajstić information content (AvgIpc) is 3.44. The summed E-state index contributed by atoms with van der Waals surface area (Å²) in [6.07, 6.45) is 0.331. The van der Waals surface area contributed by atoms with Crippen LogP contribution < -0.4 is 16.1 Å². The van der Waals surface area contributed by atoms with Crippen LogP contribution in [0.5, 0.6) is 0 Å². The second-order valence-corrected chi connectivity index (χ2v) is 8.59. The van der Waals surface area contributed by atoms with E-state index in [1.54, 1.807) is 43.3 Å². The molecule has 3 aromatic rings. The summed E-state index contributed by atoms with van der Waals surface area (Å²) in [5, 5.41) is 8.51. The minimum atomic E-state index is -1.23. The molecule has 4 rings (SSSR count). The molecular formula is C24H23FN4O3S. The fraction of sp³-hybridized carbons (Fsp3) is 0.208. The minimum absolute atomic E-state index is 0.165. The molecule has 3 N–H and O–H groups in total. The molecule has 1 fully saturated rings. The van der Waals surface area contributed by atoms with E-state index >= 15 is 0 Å². The van der Waals surface area contributed by atoms with E-state index in [-0.39, 0.29) is 18.4 Å². The number of hydrogen-bond acceptors (Lipinski definition) is 5. The second kappa shape index (κ2) is 9.51. The molecule has 0 spiro atoms. The van der Waals surface area contributed by atoms with Gasteiger partial charge in [0.2, 0.25) is 0 Å². The first-order valence-electron chi connectivity index (χ1n) is 10.5. The molecule has 0 radical (unpaired) electrons. The molecular weight excluding hydrogens is 443 g/mol. The number of carbonyl (C=O) groups excluding carboxylic acids is 3. The van der Waals surface area contributed by atoms with E-state index in [0.717, 1.165) is 15.4 Å². The summed E-state index contributed by atoms with van der Waals surface area (Å²) in [7, 11) is 0. The van der Waals surface area contributed by atoms with Gasteiger partial charge in [-0.3, -0.25) is 20.3 Å². The minimum Gasteiger partial charge on any atom is -0.318 e. The normalized spacial score (nSPS) is 18.8. The average molecular weight is 467 g/mol. The largest absolute Gasteiger partial charge is 0.344 e. The lowest BCUT2D eigenvalue weighted by Gasteiger charge is -2.25. The Hall–Kier alpha value is -3.56. The molecule has 2 aromatic carbocycles. The molecule has 0 saturated carbocycles. The smallest absolute Gasteiger partial charge is 0.318 e. The highest BCUT2D eigenvalue weighted by atomic mass is 32.1. The third kappa shape index (κ3) is 4.50. The highest BCUT2D eigenvalue weighted by Crippen LogP contribution is 2.31. The summed E-state index contributed by atoms with van der Waals surface area (Å²) in [5.41, 5.74) is 2.62. The number of thiophene rings is 1. The first kappa shape index (κ1) is 22.6. The predicted molar refractivity (Wildman–Crippen MR) is 122 cm³/mol. The molecule has 9 heteroatoms. The molecule has 1 aliphatic heterocycles. The van der Waals surface area contributed by atoms with Crippen LogP contribution in [0, 0.1) is 5.82 Å². The van der Waals surface area contributed by atoms with Crippen LogP contribution in [0.15, 0.2) is 72.1 Å². The van der Waals surface area contributed by atoms with Crippen molar-refractivity contribution in [1.29, 1.82) is 0 Å². The monoisotopic (exact) mass is 466 g/mol. The Morgan fingerprint density at radius 1 is 1.09 bits per heavy atom. The van der Waals surface area contributed by atoms with E-state index in [9.17, 15) is 18.8 Å². The molecule has 2 atom stereocenters. The lowest BCUT2D eigenvalue weighted by atomic mass is 9.87. The zero-order valence-corrected chi connectivity index (χ0v) is 18.7. The van der Waals surface area contributed by atoms with E-state index in [0.29, 0.717) is 12.0 Å². The van der Waals surface area contributed by atoms with Gasteiger partial charge in [0, 0.05) is 4.88 Å². The van der Waals surface area contributed by atoms with Gasteiger partial charge in [-0.2, -0.15) is 5.01 Å². The molecule has 4 amide bonds. The number of hydrazine groups is 1. The Bertz CT molecular complexity index is 1140. The van der Waals surface area contributed by atoms with E-state index in [4.69, 9.17) is 0 Å². The van der Waals surface area contributed by atoms with Crippen molar-refractivity contribution >= 4 is 29.2 Å². The molecule has 0 bridgehead atoms. The van der Waals surface area contributed by atoms with Crippen LogP contribution in [0.3, 0.4) is 0 Å². The predicted octanol–water partition coefficient (Wildman–Crippen LogP) is 3.45. The van der Waals surface area contributed by atoms with Crippen molar-refractivity contribution < 1.29 is 18.8 Å².